The zero-order valence-corrected chi connectivity index (χ0v) is 14.4. The molecule has 1 aromatic rings. The summed E-state index contributed by atoms with van der Waals surface area (Å²) < 4.78 is 38.6. The fourth-order valence-corrected chi connectivity index (χ4v) is 2.02. The molecule has 0 amide bonds. The monoisotopic (exact) mass is 450 g/mol. The van der Waals surface area contributed by atoms with Crippen molar-refractivity contribution in [3.8, 4) is 0 Å². The number of imidazole rings is 1. The highest BCUT2D eigenvalue weighted by atomic mass is 127. The molecule has 1 heterocycles. The van der Waals surface area contributed by atoms with Gasteiger partial charge in [-0.1, -0.05) is 35.4 Å². The molecule has 0 N–H and O–H groups in total. The van der Waals surface area contributed by atoms with Crippen LogP contribution in [-0.2, 0) is 13.1 Å². The molecule has 18 heavy (non-hydrogen) atoms. The van der Waals surface area contributed by atoms with Gasteiger partial charge < -0.3 is 24.0 Å². The van der Waals surface area contributed by atoms with Crippen LogP contribution in [0.1, 0.15) is 5.82 Å². The Balaban J connectivity index is 0.00000289. The zero-order valence-electron chi connectivity index (χ0n) is 9.13. The maximum Gasteiger partial charge on any atom is 0.462 e. The number of aromatic nitrogens is 2. The number of aryl methyl sites for hydroxylation is 1. The second-order valence-corrected chi connectivity index (χ2v) is 5.85. The first-order valence-corrected chi connectivity index (χ1v) is 6.62. The molecule has 0 unspecified atom stereocenters. The van der Waals surface area contributed by atoms with Gasteiger partial charge in [0.2, 0.25) is 0 Å². The number of thiocarbonyl (C=S) groups is 1. The number of hydrogen-bond donors (Lipinski definition) is 0. The Hall–Kier alpha value is 0.750. The van der Waals surface area contributed by atoms with Crippen LogP contribution in [-0.4, -0.2) is 19.6 Å². The molecule has 0 aliphatic rings. The van der Waals surface area contributed by atoms with Crippen molar-refractivity contribution >= 4 is 51.4 Å². The van der Waals surface area contributed by atoms with E-state index in [1.165, 1.54) is 17.8 Å². The van der Waals surface area contributed by atoms with Gasteiger partial charge in [-0.05, 0) is 6.26 Å². The Morgan fingerprint density at radius 1 is 1.44 bits per heavy atom. The largest absolute Gasteiger partial charge is 1.00 e. The maximum atomic E-state index is 13.7. The second-order valence-electron chi connectivity index (χ2n) is 3.13. The molecule has 0 aliphatic heterocycles. The highest BCUT2D eigenvalue weighted by Gasteiger charge is 2.60. The summed E-state index contributed by atoms with van der Waals surface area (Å²) >= 11 is 15.7. The van der Waals surface area contributed by atoms with Crippen LogP contribution in [0.5, 0.6) is 0 Å². The molecule has 0 fully saturated rings. The standard InChI is InChI=1S/C8H8Cl2F3N2S2.HI/c1-14-3-4-15(5(14)6(16)17-2)8(12,13)7(9,10)11;/h3-4H,1-2H3;1H/q+1;/p-1. The van der Waals surface area contributed by atoms with Gasteiger partial charge in [0.05, 0.1) is 7.05 Å². The molecule has 10 heteroatoms. The quantitative estimate of drug-likeness (QED) is 0.277. The first kappa shape index (κ1) is 18.8. The highest BCUT2D eigenvalue weighted by molar-refractivity contribution is 8.23. The van der Waals surface area contributed by atoms with Gasteiger partial charge in [0, 0.05) is 0 Å². The lowest BCUT2D eigenvalue weighted by molar-refractivity contribution is -0.672. The summed E-state index contributed by atoms with van der Waals surface area (Å²) in [4.78, 5) is 0. The Bertz CT molecular complexity index is 448. The molecule has 0 radical (unpaired) electrons. The SMILES string of the molecule is CSC(=S)c1n(C(F)(F)C(F)(Cl)Cl)cc[n+]1C.[I-]. The first-order valence-electron chi connectivity index (χ1n) is 4.23. The molecule has 0 saturated carbocycles. The van der Waals surface area contributed by atoms with E-state index in [1.54, 1.807) is 6.26 Å². The predicted octanol–water partition coefficient (Wildman–Crippen LogP) is 0.00530. The lowest BCUT2D eigenvalue weighted by Crippen LogP contribution is -3.00. The minimum atomic E-state index is -4.12. The summed E-state index contributed by atoms with van der Waals surface area (Å²) in [6.45, 7) is 0. The van der Waals surface area contributed by atoms with E-state index in [1.807, 2.05) is 0 Å². The van der Waals surface area contributed by atoms with Crippen molar-refractivity contribution in [3.63, 3.8) is 0 Å². The van der Waals surface area contributed by atoms with E-state index in [-0.39, 0.29) is 34.0 Å². The summed E-state index contributed by atoms with van der Waals surface area (Å²) in [6.07, 6.45) is 3.91. The van der Waals surface area contributed by atoms with Gasteiger partial charge >= 0.3 is 16.5 Å². The Morgan fingerprint density at radius 2 is 1.94 bits per heavy atom. The van der Waals surface area contributed by atoms with Crippen LogP contribution in [0.15, 0.2) is 12.4 Å². The topological polar surface area (TPSA) is 8.81 Å². The van der Waals surface area contributed by atoms with E-state index in [4.69, 9.17) is 35.4 Å². The number of halogens is 6. The first-order chi connectivity index (χ1) is 7.63. The Kier molecular flexibility index (Phi) is 6.74. The summed E-state index contributed by atoms with van der Waals surface area (Å²) in [7, 11) is 1.51. The third-order valence-corrected chi connectivity index (χ3v) is 3.70. The van der Waals surface area contributed by atoms with Gasteiger partial charge in [0.15, 0.2) is 4.20 Å². The van der Waals surface area contributed by atoms with Gasteiger partial charge in [-0.25, -0.2) is 4.57 Å². The molecule has 0 bridgehead atoms. The van der Waals surface area contributed by atoms with Crippen molar-refractivity contribution in [1.82, 2.24) is 4.57 Å². The minimum absolute atomic E-state index is 0. The third kappa shape index (κ3) is 3.44. The van der Waals surface area contributed by atoms with Crippen LogP contribution in [0.3, 0.4) is 0 Å². The second kappa shape index (κ2) is 6.47. The van der Waals surface area contributed by atoms with Gasteiger partial charge in [-0.2, -0.15) is 17.7 Å². The summed E-state index contributed by atoms with van der Waals surface area (Å²) in [5.74, 6) is -0.0409. The normalized spacial score (nSPS) is 12.2. The van der Waals surface area contributed by atoms with Crippen LogP contribution in [0.4, 0.5) is 13.2 Å². The number of thioether (sulfide) groups is 1. The van der Waals surface area contributed by atoms with Crippen molar-refractivity contribution in [1.29, 1.82) is 0 Å². The van der Waals surface area contributed by atoms with Crippen LogP contribution >= 0.6 is 47.2 Å². The Labute approximate surface area is 139 Å². The van der Waals surface area contributed by atoms with Gasteiger partial charge in [0.25, 0.3) is 0 Å². The molecule has 0 spiro atoms. The molecule has 1 rings (SSSR count). The number of hydrogen-bond acceptors (Lipinski definition) is 2. The fourth-order valence-electron chi connectivity index (χ4n) is 1.17. The predicted molar refractivity (Wildman–Crippen MR) is 66.6 cm³/mol. The number of rotatable bonds is 3. The highest BCUT2D eigenvalue weighted by Crippen LogP contribution is 2.44. The minimum Gasteiger partial charge on any atom is -1.00 e. The van der Waals surface area contributed by atoms with Crippen molar-refractivity contribution in [2.24, 2.45) is 7.05 Å². The van der Waals surface area contributed by atoms with Gasteiger partial charge in [-0.3, -0.25) is 0 Å². The molecule has 0 aromatic carbocycles. The zero-order chi connectivity index (χ0) is 13.4. The lowest BCUT2D eigenvalue weighted by atomic mass is 10.5. The smallest absolute Gasteiger partial charge is 0.462 e. The van der Waals surface area contributed by atoms with Crippen LogP contribution in [0.2, 0.25) is 0 Å². The van der Waals surface area contributed by atoms with E-state index in [0.717, 1.165) is 18.0 Å². The number of alkyl halides is 5. The van der Waals surface area contributed by atoms with E-state index >= 15 is 0 Å². The third-order valence-electron chi connectivity index (χ3n) is 2.01. The molecule has 1 aromatic heterocycles. The molecule has 0 saturated heterocycles. The van der Waals surface area contributed by atoms with E-state index < -0.39 is 10.6 Å². The van der Waals surface area contributed by atoms with Crippen molar-refractivity contribution in [2.75, 3.05) is 6.26 Å². The van der Waals surface area contributed by atoms with Crippen molar-refractivity contribution < 1.29 is 41.7 Å². The van der Waals surface area contributed by atoms with Crippen molar-refractivity contribution in [3.05, 3.63) is 18.2 Å². The Morgan fingerprint density at radius 3 is 2.33 bits per heavy atom. The van der Waals surface area contributed by atoms with Gasteiger partial charge in [0.1, 0.15) is 12.4 Å². The maximum absolute atomic E-state index is 13.7. The molecule has 2 nitrogen and oxygen atoms in total. The van der Waals surface area contributed by atoms with E-state index in [9.17, 15) is 13.2 Å². The van der Waals surface area contributed by atoms with Crippen LogP contribution in [0.25, 0.3) is 0 Å². The lowest BCUT2D eigenvalue weighted by Gasteiger charge is -2.19. The summed E-state index contributed by atoms with van der Waals surface area (Å²) in [5.41, 5.74) is 0. The average molecular weight is 451 g/mol. The summed E-state index contributed by atoms with van der Waals surface area (Å²) in [5, 5.41) is 0. The summed E-state index contributed by atoms with van der Waals surface area (Å²) in [6, 6.07) is -4.12. The van der Waals surface area contributed by atoms with E-state index in [0.29, 0.717) is 4.57 Å². The van der Waals surface area contributed by atoms with Gasteiger partial charge in [-0.15, -0.1) is 11.8 Å². The van der Waals surface area contributed by atoms with Crippen LogP contribution < -0.4 is 28.5 Å². The molecule has 0 atom stereocenters. The molecule has 104 valence electrons. The average Bonchev–Trinajstić information content (AvgIpc) is 2.57. The molecule has 0 aliphatic carbocycles. The number of nitrogens with zero attached hydrogens (tertiary/aromatic N) is 2. The molecular formula is C8H8Cl2F3IN2S2. The molecular weight excluding hydrogens is 443 g/mol. The fraction of sp³-hybridized carbons (Fsp3) is 0.500. The van der Waals surface area contributed by atoms with Crippen molar-refractivity contribution in [2.45, 2.75) is 10.6 Å². The van der Waals surface area contributed by atoms with Crippen LogP contribution in [0, 0.1) is 0 Å². The van der Waals surface area contributed by atoms with E-state index in [2.05, 4.69) is 0 Å².